The van der Waals surface area contributed by atoms with Crippen LogP contribution in [0.4, 0.5) is 0 Å². The summed E-state index contributed by atoms with van der Waals surface area (Å²) in [5.41, 5.74) is 7.34. The summed E-state index contributed by atoms with van der Waals surface area (Å²) < 4.78 is 0. The van der Waals surface area contributed by atoms with Crippen LogP contribution in [-0.4, -0.2) is 10.1 Å². The van der Waals surface area contributed by atoms with Crippen molar-refractivity contribution in [2.45, 2.75) is 13.0 Å². The minimum atomic E-state index is -0.0687. The van der Waals surface area contributed by atoms with Crippen LogP contribution in [0.1, 0.15) is 18.7 Å². The maximum atomic E-state index is 9.65. The smallest absolute Gasteiger partial charge is 0.127 e. The first kappa shape index (κ1) is 10.1. The molecular weight excluding hydrogens is 208 g/mol. The van der Waals surface area contributed by atoms with Crippen molar-refractivity contribution in [3.8, 4) is 16.3 Å². The molecule has 0 saturated heterocycles. The van der Waals surface area contributed by atoms with Crippen molar-refractivity contribution >= 4 is 11.3 Å². The van der Waals surface area contributed by atoms with E-state index in [4.69, 9.17) is 5.73 Å². The molecule has 0 aliphatic rings. The molecule has 1 heterocycles. The van der Waals surface area contributed by atoms with E-state index in [-0.39, 0.29) is 11.8 Å². The van der Waals surface area contributed by atoms with Gasteiger partial charge in [0.15, 0.2) is 0 Å². The van der Waals surface area contributed by atoms with Crippen LogP contribution in [-0.2, 0) is 0 Å². The quantitative estimate of drug-likeness (QED) is 0.817. The summed E-state index contributed by atoms with van der Waals surface area (Å²) in [6.07, 6.45) is 0. The zero-order valence-corrected chi connectivity index (χ0v) is 9.16. The minimum absolute atomic E-state index is 0.0687. The van der Waals surface area contributed by atoms with Gasteiger partial charge in [0.1, 0.15) is 10.8 Å². The Labute approximate surface area is 92.2 Å². The largest absolute Gasteiger partial charge is 0.507 e. The van der Waals surface area contributed by atoms with E-state index in [2.05, 4.69) is 4.98 Å². The fourth-order valence-electron chi connectivity index (χ4n) is 1.27. The van der Waals surface area contributed by atoms with E-state index in [1.54, 1.807) is 12.1 Å². The number of hydrogen-bond acceptors (Lipinski definition) is 4. The number of hydrogen-bond donors (Lipinski definition) is 2. The zero-order valence-electron chi connectivity index (χ0n) is 8.34. The number of nitrogens with two attached hydrogens (primary N) is 1. The lowest BCUT2D eigenvalue weighted by molar-refractivity contribution is 0.477. The number of rotatable bonds is 2. The van der Waals surface area contributed by atoms with E-state index in [9.17, 15) is 5.11 Å². The summed E-state index contributed by atoms with van der Waals surface area (Å²) in [6.45, 7) is 1.89. The summed E-state index contributed by atoms with van der Waals surface area (Å²) in [7, 11) is 0. The molecule has 15 heavy (non-hydrogen) atoms. The molecule has 1 unspecified atom stereocenters. The lowest BCUT2D eigenvalue weighted by Gasteiger charge is -2.00. The number of aromatic hydroxyl groups is 1. The third-order valence-corrected chi connectivity index (χ3v) is 3.02. The zero-order chi connectivity index (χ0) is 10.8. The van der Waals surface area contributed by atoms with Gasteiger partial charge >= 0.3 is 0 Å². The molecule has 0 fully saturated rings. The third-order valence-electron chi connectivity index (χ3n) is 2.12. The van der Waals surface area contributed by atoms with Gasteiger partial charge in [-0.2, -0.15) is 0 Å². The Morgan fingerprint density at radius 1 is 1.40 bits per heavy atom. The standard InChI is InChI=1S/C11H12N2OS/c1-7(12)9-6-15-11(13-9)8-4-2-3-5-10(8)14/h2-7,14H,12H2,1H3. The molecule has 1 aromatic carbocycles. The Balaban J connectivity index is 2.42. The van der Waals surface area contributed by atoms with Crippen LogP contribution in [0.5, 0.6) is 5.75 Å². The maximum absolute atomic E-state index is 9.65. The lowest BCUT2D eigenvalue weighted by Crippen LogP contribution is -2.04. The van der Waals surface area contributed by atoms with Crippen molar-refractivity contribution in [1.82, 2.24) is 4.98 Å². The Morgan fingerprint density at radius 3 is 2.73 bits per heavy atom. The normalized spacial score (nSPS) is 12.7. The number of phenolic OH excluding ortho intramolecular Hbond substituents is 1. The molecule has 3 nitrogen and oxygen atoms in total. The van der Waals surface area contributed by atoms with E-state index < -0.39 is 0 Å². The second-order valence-electron chi connectivity index (χ2n) is 3.38. The average molecular weight is 220 g/mol. The van der Waals surface area contributed by atoms with Crippen LogP contribution in [0.3, 0.4) is 0 Å². The summed E-state index contributed by atoms with van der Waals surface area (Å²) in [6, 6.07) is 7.10. The topological polar surface area (TPSA) is 59.1 Å². The molecule has 0 aliphatic heterocycles. The molecule has 3 N–H and O–H groups in total. The molecule has 0 spiro atoms. The van der Waals surface area contributed by atoms with Gasteiger partial charge in [0.2, 0.25) is 0 Å². The van der Waals surface area contributed by atoms with E-state index in [0.717, 1.165) is 16.3 Å². The Hall–Kier alpha value is -1.39. The number of aromatic nitrogens is 1. The average Bonchev–Trinajstić information content (AvgIpc) is 2.67. The monoisotopic (exact) mass is 220 g/mol. The molecule has 0 saturated carbocycles. The van der Waals surface area contributed by atoms with Crippen LogP contribution in [0.2, 0.25) is 0 Å². The van der Waals surface area contributed by atoms with Crippen molar-refractivity contribution < 1.29 is 5.11 Å². The SMILES string of the molecule is CC(N)c1csc(-c2ccccc2O)n1. The summed E-state index contributed by atoms with van der Waals surface area (Å²) in [5.74, 6) is 0.253. The number of para-hydroxylation sites is 1. The van der Waals surface area contributed by atoms with E-state index in [0.29, 0.717) is 0 Å². The van der Waals surface area contributed by atoms with Gasteiger partial charge in [-0.25, -0.2) is 4.98 Å². The van der Waals surface area contributed by atoms with Crippen molar-refractivity contribution in [2.24, 2.45) is 5.73 Å². The number of thiazole rings is 1. The predicted molar refractivity (Wildman–Crippen MR) is 61.8 cm³/mol. The first-order valence-electron chi connectivity index (χ1n) is 4.68. The van der Waals surface area contributed by atoms with Crippen LogP contribution in [0.15, 0.2) is 29.6 Å². The predicted octanol–water partition coefficient (Wildman–Crippen LogP) is 2.54. The molecule has 0 amide bonds. The molecule has 1 aromatic heterocycles. The molecule has 1 atom stereocenters. The molecule has 0 bridgehead atoms. The van der Waals surface area contributed by atoms with E-state index >= 15 is 0 Å². The van der Waals surface area contributed by atoms with Gasteiger partial charge in [-0.1, -0.05) is 12.1 Å². The van der Waals surface area contributed by atoms with Gasteiger partial charge in [0.05, 0.1) is 11.3 Å². The highest BCUT2D eigenvalue weighted by Gasteiger charge is 2.10. The maximum Gasteiger partial charge on any atom is 0.127 e. The third kappa shape index (κ3) is 2.00. The Bertz CT molecular complexity index is 465. The Morgan fingerprint density at radius 2 is 2.13 bits per heavy atom. The van der Waals surface area contributed by atoms with Gasteiger partial charge in [0, 0.05) is 11.4 Å². The Kier molecular flexibility index (Phi) is 2.70. The van der Waals surface area contributed by atoms with Gasteiger partial charge in [-0.15, -0.1) is 11.3 Å². The summed E-state index contributed by atoms with van der Waals surface area (Å²) in [4.78, 5) is 4.37. The van der Waals surface area contributed by atoms with Crippen LogP contribution < -0.4 is 5.73 Å². The van der Waals surface area contributed by atoms with Crippen molar-refractivity contribution in [2.75, 3.05) is 0 Å². The molecular formula is C11H12N2OS. The van der Waals surface area contributed by atoms with Crippen LogP contribution in [0.25, 0.3) is 10.6 Å². The number of phenols is 1. The molecule has 78 valence electrons. The highest BCUT2D eigenvalue weighted by atomic mass is 32.1. The highest BCUT2D eigenvalue weighted by Crippen LogP contribution is 2.31. The molecule has 0 aliphatic carbocycles. The fraction of sp³-hybridized carbons (Fsp3) is 0.182. The van der Waals surface area contributed by atoms with Crippen LogP contribution >= 0.6 is 11.3 Å². The van der Waals surface area contributed by atoms with Crippen molar-refractivity contribution in [1.29, 1.82) is 0 Å². The number of nitrogens with zero attached hydrogens (tertiary/aromatic N) is 1. The van der Waals surface area contributed by atoms with Crippen molar-refractivity contribution in [3.05, 3.63) is 35.3 Å². The van der Waals surface area contributed by atoms with E-state index in [1.807, 2.05) is 24.4 Å². The molecule has 2 aromatic rings. The van der Waals surface area contributed by atoms with E-state index in [1.165, 1.54) is 11.3 Å². The van der Waals surface area contributed by atoms with Crippen molar-refractivity contribution in [3.63, 3.8) is 0 Å². The van der Waals surface area contributed by atoms with Gasteiger partial charge in [-0.3, -0.25) is 0 Å². The lowest BCUT2D eigenvalue weighted by atomic mass is 10.2. The van der Waals surface area contributed by atoms with Gasteiger partial charge in [-0.05, 0) is 19.1 Å². The first-order valence-corrected chi connectivity index (χ1v) is 5.56. The summed E-state index contributed by atoms with van der Waals surface area (Å²) in [5, 5.41) is 12.4. The highest BCUT2D eigenvalue weighted by molar-refractivity contribution is 7.13. The number of benzene rings is 1. The van der Waals surface area contributed by atoms with Gasteiger partial charge in [0.25, 0.3) is 0 Å². The molecule has 2 rings (SSSR count). The second kappa shape index (κ2) is 4.00. The van der Waals surface area contributed by atoms with Crippen LogP contribution in [0, 0.1) is 0 Å². The molecule has 4 heteroatoms. The fourth-order valence-corrected chi connectivity index (χ4v) is 2.23. The minimum Gasteiger partial charge on any atom is -0.507 e. The molecule has 0 radical (unpaired) electrons. The van der Waals surface area contributed by atoms with Gasteiger partial charge < -0.3 is 10.8 Å². The first-order chi connectivity index (χ1) is 7.18. The second-order valence-corrected chi connectivity index (χ2v) is 4.24. The summed E-state index contributed by atoms with van der Waals surface area (Å²) >= 11 is 1.49.